The number of carbonyl (C=O) groups is 2. The predicted molar refractivity (Wildman–Crippen MR) is 98.7 cm³/mol. The van der Waals surface area contributed by atoms with E-state index in [1.165, 1.54) is 6.07 Å². The zero-order valence-corrected chi connectivity index (χ0v) is 15.3. The van der Waals surface area contributed by atoms with Gasteiger partial charge in [-0.15, -0.1) is 0 Å². The number of hydrogen-bond donors (Lipinski definition) is 1. The SMILES string of the molecule is CC(C)c1ccccc1NC(=O)COC(=O)c1cc2c(cc1[N+](=O)[O-])OCO2. The largest absolute Gasteiger partial charge is 0.454 e. The Morgan fingerprint density at radius 2 is 1.89 bits per heavy atom. The van der Waals surface area contributed by atoms with E-state index in [9.17, 15) is 19.7 Å². The van der Waals surface area contributed by atoms with E-state index in [2.05, 4.69) is 5.32 Å². The summed E-state index contributed by atoms with van der Waals surface area (Å²) in [6.45, 7) is 3.30. The van der Waals surface area contributed by atoms with Crippen molar-refractivity contribution in [3.63, 3.8) is 0 Å². The molecule has 0 saturated heterocycles. The Bertz CT molecular complexity index is 940. The third-order valence-corrected chi connectivity index (χ3v) is 4.10. The lowest BCUT2D eigenvalue weighted by molar-refractivity contribution is -0.385. The molecular formula is C19H18N2O7. The normalized spacial score (nSPS) is 12.0. The first-order valence-electron chi connectivity index (χ1n) is 8.50. The van der Waals surface area contributed by atoms with Gasteiger partial charge in [-0.05, 0) is 17.5 Å². The molecule has 0 unspecified atom stereocenters. The van der Waals surface area contributed by atoms with E-state index in [-0.39, 0.29) is 29.8 Å². The Kier molecular flexibility index (Phi) is 5.44. The van der Waals surface area contributed by atoms with Crippen LogP contribution in [-0.4, -0.2) is 30.2 Å². The van der Waals surface area contributed by atoms with Crippen molar-refractivity contribution in [2.75, 3.05) is 18.7 Å². The lowest BCUT2D eigenvalue weighted by Crippen LogP contribution is -2.22. The first kappa shape index (κ1) is 19.2. The second-order valence-corrected chi connectivity index (χ2v) is 6.35. The molecule has 3 rings (SSSR count). The van der Waals surface area contributed by atoms with Crippen LogP contribution < -0.4 is 14.8 Å². The summed E-state index contributed by atoms with van der Waals surface area (Å²) in [4.78, 5) is 35.0. The van der Waals surface area contributed by atoms with Crippen LogP contribution in [0.1, 0.15) is 35.7 Å². The van der Waals surface area contributed by atoms with Crippen LogP contribution in [0.5, 0.6) is 11.5 Å². The number of ether oxygens (including phenoxy) is 3. The molecule has 1 heterocycles. The van der Waals surface area contributed by atoms with E-state index in [0.717, 1.165) is 11.6 Å². The molecule has 0 aliphatic carbocycles. The molecule has 1 N–H and O–H groups in total. The number of para-hydroxylation sites is 1. The molecule has 0 saturated carbocycles. The maximum atomic E-state index is 12.3. The van der Waals surface area contributed by atoms with Crippen molar-refractivity contribution in [3.05, 3.63) is 57.6 Å². The maximum absolute atomic E-state index is 12.3. The van der Waals surface area contributed by atoms with Crippen molar-refractivity contribution < 1.29 is 28.7 Å². The Balaban J connectivity index is 1.69. The van der Waals surface area contributed by atoms with E-state index in [4.69, 9.17) is 14.2 Å². The summed E-state index contributed by atoms with van der Waals surface area (Å²) in [6.07, 6.45) is 0. The molecule has 28 heavy (non-hydrogen) atoms. The zero-order valence-electron chi connectivity index (χ0n) is 15.3. The quantitative estimate of drug-likeness (QED) is 0.460. The van der Waals surface area contributed by atoms with Crippen LogP contribution in [0.2, 0.25) is 0 Å². The molecule has 0 atom stereocenters. The third-order valence-electron chi connectivity index (χ3n) is 4.10. The van der Waals surface area contributed by atoms with Gasteiger partial charge in [0.15, 0.2) is 18.1 Å². The summed E-state index contributed by atoms with van der Waals surface area (Å²) >= 11 is 0. The highest BCUT2D eigenvalue weighted by Gasteiger charge is 2.28. The van der Waals surface area contributed by atoms with Gasteiger partial charge in [-0.3, -0.25) is 14.9 Å². The maximum Gasteiger partial charge on any atom is 0.345 e. The van der Waals surface area contributed by atoms with Crippen LogP contribution in [0.4, 0.5) is 11.4 Å². The molecular weight excluding hydrogens is 368 g/mol. The van der Waals surface area contributed by atoms with Gasteiger partial charge in [-0.1, -0.05) is 32.0 Å². The van der Waals surface area contributed by atoms with Gasteiger partial charge in [0, 0.05) is 11.8 Å². The number of rotatable bonds is 6. The molecule has 0 fully saturated rings. The molecule has 1 amide bonds. The second-order valence-electron chi connectivity index (χ2n) is 6.35. The number of benzene rings is 2. The van der Waals surface area contributed by atoms with Crippen molar-refractivity contribution in [1.82, 2.24) is 0 Å². The highest BCUT2D eigenvalue weighted by molar-refractivity contribution is 5.98. The Labute approximate surface area is 160 Å². The van der Waals surface area contributed by atoms with Crippen LogP contribution >= 0.6 is 0 Å². The number of anilines is 1. The number of amides is 1. The Morgan fingerprint density at radius 1 is 1.21 bits per heavy atom. The fraction of sp³-hybridized carbons (Fsp3) is 0.263. The standard InChI is InChI=1S/C19H18N2O7/c1-11(2)12-5-3-4-6-14(12)20-18(22)9-26-19(23)13-7-16-17(28-10-27-16)8-15(13)21(24)25/h3-8,11H,9-10H2,1-2H3,(H,20,22). The molecule has 9 heteroatoms. The highest BCUT2D eigenvalue weighted by atomic mass is 16.7. The van der Waals surface area contributed by atoms with Gasteiger partial charge in [0.25, 0.3) is 11.6 Å². The first-order chi connectivity index (χ1) is 13.4. The van der Waals surface area contributed by atoms with Gasteiger partial charge in [0.2, 0.25) is 6.79 Å². The molecule has 0 bridgehead atoms. The molecule has 1 aliphatic rings. The van der Waals surface area contributed by atoms with E-state index in [1.54, 1.807) is 12.1 Å². The van der Waals surface area contributed by atoms with E-state index in [0.29, 0.717) is 5.69 Å². The summed E-state index contributed by atoms with van der Waals surface area (Å²) in [5.74, 6) is -0.989. The van der Waals surface area contributed by atoms with Crippen LogP contribution in [-0.2, 0) is 9.53 Å². The van der Waals surface area contributed by atoms with Crippen LogP contribution in [0.3, 0.4) is 0 Å². The minimum Gasteiger partial charge on any atom is -0.454 e. The number of nitro groups is 1. The molecule has 0 spiro atoms. The van der Waals surface area contributed by atoms with Crippen molar-refractivity contribution in [1.29, 1.82) is 0 Å². The van der Waals surface area contributed by atoms with Crippen LogP contribution in [0.25, 0.3) is 0 Å². The van der Waals surface area contributed by atoms with Crippen LogP contribution in [0, 0.1) is 10.1 Å². The molecule has 0 aromatic heterocycles. The molecule has 146 valence electrons. The van der Waals surface area contributed by atoms with Gasteiger partial charge in [-0.25, -0.2) is 4.79 Å². The fourth-order valence-corrected chi connectivity index (χ4v) is 2.76. The lowest BCUT2D eigenvalue weighted by atomic mass is 10.0. The average molecular weight is 386 g/mol. The van der Waals surface area contributed by atoms with E-state index < -0.39 is 29.1 Å². The van der Waals surface area contributed by atoms with E-state index >= 15 is 0 Å². The summed E-state index contributed by atoms with van der Waals surface area (Å²) in [5.41, 5.74) is 0.755. The van der Waals surface area contributed by atoms with E-state index in [1.807, 2.05) is 26.0 Å². The van der Waals surface area contributed by atoms with Crippen molar-refractivity contribution in [3.8, 4) is 11.5 Å². The number of esters is 1. The third kappa shape index (κ3) is 4.03. The second kappa shape index (κ2) is 7.95. The van der Waals surface area contributed by atoms with Gasteiger partial charge in [0.05, 0.1) is 11.0 Å². The van der Waals surface area contributed by atoms with Crippen molar-refractivity contribution in [2.24, 2.45) is 0 Å². The minimum atomic E-state index is -1.00. The smallest absolute Gasteiger partial charge is 0.345 e. The monoisotopic (exact) mass is 386 g/mol. The van der Waals surface area contributed by atoms with Gasteiger partial charge in [-0.2, -0.15) is 0 Å². The molecule has 9 nitrogen and oxygen atoms in total. The minimum absolute atomic E-state index is 0.0946. The number of nitrogens with one attached hydrogen (secondary N) is 1. The fourth-order valence-electron chi connectivity index (χ4n) is 2.76. The number of nitro benzene ring substituents is 1. The summed E-state index contributed by atoms with van der Waals surface area (Å²) in [7, 11) is 0. The van der Waals surface area contributed by atoms with Gasteiger partial charge < -0.3 is 19.5 Å². The molecule has 2 aromatic carbocycles. The predicted octanol–water partition coefficient (Wildman–Crippen LogP) is 3.24. The topological polar surface area (TPSA) is 117 Å². The Hall–Kier alpha value is -3.62. The average Bonchev–Trinajstić information content (AvgIpc) is 3.12. The highest BCUT2D eigenvalue weighted by Crippen LogP contribution is 2.38. The first-order valence-corrected chi connectivity index (χ1v) is 8.50. The van der Waals surface area contributed by atoms with Crippen molar-refractivity contribution >= 4 is 23.3 Å². The number of hydrogen-bond acceptors (Lipinski definition) is 7. The zero-order chi connectivity index (χ0) is 20.3. The van der Waals surface area contributed by atoms with Gasteiger partial charge in [0.1, 0.15) is 5.56 Å². The van der Waals surface area contributed by atoms with Crippen molar-refractivity contribution in [2.45, 2.75) is 19.8 Å². The molecule has 1 aliphatic heterocycles. The Morgan fingerprint density at radius 3 is 2.57 bits per heavy atom. The summed E-state index contributed by atoms with van der Waals surface area (Å²) in [6, 6.07) is 9.56. The number of fused-ring (bicyclic) bond motifs is 1. The summed E-state index contributed by atoms with van der Waals surface area (Å²) < 4.78 is 15.2. The molecule has 2 aromatic rings. The number of nitrogens with zero attached hydrogens (tertiary/aromatic N) is 1. The lowest BCUT2D eigenvalue weighted by Gasteiger charge is -2.13. The van der Waals surface area contributed by atoms with Gasteiger partial charge >= 0.3 is 5.97 Å². The summed E-state index contributed by atoms with van der Waals surface area (Å²) in [5, 5.41) is 13.9. The number of carbonyl (C=O) groups excluding carboxylic acids is 2. The molecule has 0 radical (unpaired) electrons. The van der Waals surface area contributed by atoms with Crippen LogP contribution in [0.15, 0.2) is 36.4 Å².